The van der Waals surface area contributed by atoms with Crippen molar-refractivity contribution in [1.82, 2.24) is 0 Å². The summed E-state index contributed by atoms with van der Waals surface area (Å²) in [6.45, 7) is 2.95. The average molecular weight is 107 g/mol. The molecule has 0 fully saturated rings. The van der Waals surface area contributed by atoms with Gasteiger partial charge in [0.1, 0.15) is 0 Å². The number of rotatable bonds is 1. The first kappa shape index (κ1) is 9.28. The maximum Gasteiger partial charge on any atom is -0.0187 e. The van der Waals surface area contributed by atoms with Crippen LogP contribution in [0.2, 0.25) is 0 Å². The zero-order valence-electron chi connectivity index (χ0n) is 2.51. The summed E-state index contributed by atoms with van der Waals surface area (Å²) in [6.07, 6.45) is 0. The number of hydrogen-bond acceptors (Lipinski definition) is 2. The molecule has 1 atom stereocenters. The van der Waals surface area contributed by atoms with E-state index in [1.54, 1.807) is 0 Å². The molecule has 0 aliphatic heterocycles. The molecule has 0 N–H and O–H groups in total. The second kappa shape index (κ2) is 4.85. The average Bonchev–Trinajstić information content (AvgIpc) is 1.38. The lowest BCUT2D eigenvalue weighted by molar-refractivity contribution is 0.546. The van der Waals surface area contributed by atoms with Gasteiger partial charge >= 0.3 is 0 Å². The highest BCUT2D eigenvalue weighted by atomic mass is 32.2. The highest BCUT2D eigenvalue weighted by molar-refractivity contribution is 7.82. The monoisotopic (exact) mass is 107 g/mol. The fourth-order valence-electron chi connectivity index (χ4n) is 0. The minimum Gasteiger partial charge on any atom is -0.769 e. The standard InChI is InChI=1S/C2H4O2S.CH4/c1-2-5(3)4;/h2H,1H2,(H,3,4);1H4/p-1. The van der Waals surface area contributed by atoms with Crippen molar-refractivity contribution in [2.45, 2.75) is 7.43 Å². The molecule has 0 aliphatic carbocycles. The molecule has 3 heteroatoms. The molecule has 6 heavy (non-hydrogen) atoms. The Morgan fingerprint density at radius 2 is 2.00 bits per heavy atom. The minimum atomic E-state index is -2.06. The van der Waals surface area contributed by atoms with Crippen LogP contribution in [0.1, 0.15) is 7.43 Å². The summed E-state index contributed by atoms with van der Waals surface area (Å²) in [5.41, 5.74) is 0. The van der Waals surface area contributed by atoms with E-state index in [4.69, 9.17) is 0 Å². The zero-order valence-corrected chi connectivity index (χ0v) is 3.33. The molecule has 0 heterocycles. The van der Waals surface area contributed by atoms with Gasteiger partial charge in [0.2, 0.25) is 0 Å². The van der Waals surface area contributed by atoms with Gasteiger partial charge in [-0.05, 0) is 16.5 Å². The predicted octanol–water partition coefficient (Wildman–Crippen LogP) is 0.645. The van der Waals surface area contributed by atoms with Crippen molar-refractivity contribution in [2.75, 3.05) is 0 Å². The summed E-state index contributed by atoms with van der Waals surface area (Å²) < 4.78 is 18.5. The maximum absolute atomic E-state index is 9.25. The van der Waals surface area contributed by atoms with Gasteiger partial charge in [0.05, 0.1) is 0 Å². The molecule has 0 aromatic carbocycles. The molecule has 0 aromatic heterocycles. The van der Waals surface area contributed by atoms with Crippen molar-refractivity contribution in [3.05, 3.63) is 12.0 Å². The summed E-state index contributed by atoms with van der Waals surface area (Å²) in [5, 5.41) is 0.833. The van der Waals surface area contributed by atoms with Crippen LogP contribution in [0.25, 0.3) is 0 Å². The van der Waals surface area contributed by atoms with E-state index in [2.05, 4.69) is 6.58 Å². The molecule has 0 saturated heterocycles. The van der Waals surface area contributed by atoms with E-state index in [1.165, 1.54) is 0 Å². The van der Waals surface area contributed by atoms with Crippen molar-refractivity contribution in [3.63, 3.8) is 0 Å². The lowest BCUT2D eigenvalue weighted by Crippen LogP contribution is -1.71. The predicted molar refractivity (Wildman–Crippen MR) is 25.8 cm³/mol. The Morgan fingerprint density at radius 3 is 2.00 bits per heavy atom. The molecule has 0 rings (SSSR count). The van der Waals surface area contributed by atoms with Crippen molar-refractivity contribution < 1.29 is 8.76 Å². The molecule has 0 bridgehead atoms. The first-order valence-electron chi connectivity index (χ1n) is 0.977. The lowest BCUT2D eigenvalue weighted by atomic mass is 11.3. The normalized spacial score (nSPS) is 11.5. The fraction of sp³-hybridized carbons (Fsp3) is 0.333. The lowest BCUT2D eigenvalue weighted by Gasteiger charge is -1.88. The molecule has 38 valence electrons. The third kappa shape index (κ3) is 9.14. The SMILES string of the molecule is C.C=CS(=O)[O-]. The van der Waals surface area contributed by atoms with Gasteiger partial charge in [0.15, 0.2) is 0 Å². The molecule has 0 aliphatic rings. The third-order valence-corrected chi connectivity index (χ3v) is 0.408. The van der Waals surface area contributed by atoms with Gasteiger partial charge in [-0.15, -0.1) is 0 Å². The molecule has 1 unspecified atom stereocenters. The van der Waals surface area contributed by atoms with Gasteiger partial charge < -0.3 is 4.55 Å². The van der Waals surface area contributed by atoms with Gasteiger partial charge in [-0.1, -0.05) is 14.0 Å². The van der Waals surface area contributed by atoms with Crippen LogP contribution in [-0.2, 0) is 11.1 Å². The summed E-state index contributed by atoms with van der Waals surface area (Å²) in [7, 11) is 0. The van der Waals surface area contributed by atoms with E-state index in [0.29, 0.717) is 0 Å². The Morgan fingerprint density at radius 1 is 1.83 bits per heavy atom. The first-order valence-corrected chi connectivity index (χ1v) is 2.12. The van der Waals surface area contributed by atoms with E-state index < -0.39 is 11.1 Å². The molecule has 2 nitrogen and oxygen atoms in total. The highest BCUT2D eigenvalue weighted by Gasteiger charge is 1.51. The Hall–Kier alpha value is -0.150. The second-order valence-corrected chi connectivity index (χ2v) is 1.28. The van der Waals surface area contributed by atoms with Crippen LogP contribution in [0.15, 0.2) is 12.0 Å². The highest BCUT2D eigenvalue weighted by Crippen LogP contribution is 1.64. The third-order valence-electron chi connectivity index (χ3n) is 0.136. The minimum absolute atomic E-state index is 0. The Labute approximate surface area is 40.2 Å². The summed E-state index contributed by atoms with van der Waals surface area (Å²) in [5.74, 6) is 0. The van der Waals surface area contributed by atoms with Crippen LogP contribution < -0.4 is 0 Å². The Bertz CT molecular complexity index is 59.8. The molecule has 0 radical (unpaired) electrons. The van der Waals surface area contributed by atoms with Crippen LogP contribution in [0.4, 0.5) is 0 Å². The van der Waals surface area contributed by atoms with E-state index in [0.717, 1.165) is 5.41 Å². The summed E-state index contributed by atoms with van der Waals surface area (Å²) >= 11 is -2.06. The molecule has 0 amide bonds. The maximum atomic E-state index is 9.25. The number of hydrogen-bond donors (Lipinski definition) is 0. The van der Waals surface area contributed by atoms with E-state index >= 15 is 0 Å². The van der Waals surface area contributed by atoms with E-state index in [-0.39, 0.29) is 7.43 Å². The molecule has 0 aromatic rings. The van der Waals surface area contributed by atoms with Crippen LogP contribution in [0.3, 0.4) is 0 Å². The van der Waals surface area contributed by atoms with Gasteiger partial charge in [0, 0.05) is 0 Å². The molecule has 0 saturated carbocycles. The van der Waals surface area contributed by atoms with Gasteiger partial charge in [-0.3, -0.25) is 4.21 Å². The quantitative estimate of drug-likeness (QED) is 0.461. The van der Waals surface area contributed by atoms with E-state index in [1.807, 2.05) is 0 Å². The fourth-order valence-corrected chi connectivity index (χ4v) is 0. The molecule has 0 spiro atoms. The van der Waals surface area contributed by atoms with Crippen LogP contribution in [0, 0.1) is 0 Å². The molecular formula is C3H7O2S-. The van der Waals surface area contributed by atoms with Crippen LogP contribution in [0.5, 0.6) is 0 Å². The van der Waals surface area contributed by atoms with Crippen LogP contribution in [-0.4, -0.2) is 8.76 Å². The second-order valence-electron chi connectivity index (χ2n) is 0.427. The molecular weight excluding hydrogens is 100 g/mol. The van der Waals surface area contributed by atoms with Crippen molar-refractivity contribution in [1.29, 1.82) is 0 Å². The zero-order chi connectivity index (χ0) is 4.28. The summed E-state index contributed by atoms with van der Waals surface area (Å²) in [4.78, 5) is 0. The van der Waals surface area contributed by atoms with Gasteiger partial charge in [0.25, 0.3) is 0 Å². The Kier molecular flexibility index (Phi) is 7.50. The van der Waals surface area contributed by atoms with E-state index in [9.17, 15) is 8.76 Å². The van der Waals surface area contributed by atoms with Gasteiger partial charge in [-0.25, -0.2) is 0 Å². The van der Waals surface area contributed by atoms with Gasteiger partial charge in [-0.2, -0.15) is 0 Å². The van der Waals surface area contributed by atoms with Crippen molar-refractivity contribution >= 4 is 11.1 Å². The van der Waals surface area contributed by atoms with Crippen molar-refractivity contribution in [3.8, 4) is 0 Å². The largest absolute Gasteiger partial charge is 0.769 e. The smallest absolute Gasteiger partial charge is 0.0187 e. The summed E-state index contributed by atoms with van der Waals surface area (Å²) in [6, 6.07) is 0. The first-order chi connectivity index (χ1) is 2.27. The van der Waals surface area contributed by atoms with Crippen LogP contribution >= 0.6 is 0 Å². The van der Waals surface area contributed by atoms with Crippen molar-refractivity contribution in [2.24, 2.45) is 0 Å². The Balaban J connectivity index is 0. The topological polar surface area (TPSA) is 40.1 Å².